The summed E-state index contributed by atoms with van der Waals surface area (Å²) in [7, 11) is 1.52. The number of halogens is 1. The van der Waals surface area contributed by atoms with Crippen molar-refractivity contribution in [2.45, 2.75) is 12.8 Å². The average molecular weight is 247 g/mol. The molecule has 1 heterocycles. The normalized spacial score (nSPS) is 10.3. The topological polar surface area (TPSA) is 43.4 Å². The number of hydrogen-bond acceptors (Lipinski definition) is 4. The van der Waals surface area contributed by atoms with E-state index >= 15 is 0 Å². The highest BCUT2D eigenvalue weighted by molar-refractivity contribution is 7.18. The van der Waals surface area contributed by atoms with Crippen LogP contribution in [0.2, 0.25) is 4.34 Å². The Bertz CT molecular complexity index is 359. The lowest BCUT2D eigenvalue weighted by Gasteiger charge is -1.97. The first-order valence-corrected chi connectivity index (χ1v) is 5.62. The van der Waals surface area contributed by atoms with Crippen molar-refractivity contribution in [3.05, 3.63) is 21.3 Å². The second-order valence-electron chi connectivity index (χ2n) is 2.99. The van der Waals surface area contributed by atoms with E-state index < -0.39 is 0 Å². The zero-order valence-electron chi connectivity index (χ0n) is 8.29. The van der Waals surface area contributed by atoms with E-state index in [-0.39, 0.29) is 24.4 Å². The Morgan fingerprint density at radius 1 is 1.47 bits per heavy atom. The van der Waals surface area contributed by atoms with Gasteiger partial charge >= 0.3 is 0 Å². The van der Waals surface area contributed by atoms with Crippen LogP contribution in [-0.2, 0) is 9.53 Å². The lowest BCUT2D eigenvalue weighted by Crippen LogP contribution is -2.09. The third-order valence-electron chi connectivity index (χ3n) is 1.79. The molecule has 0 atom stereocenters. The van der Waals surface area contributed by atoms with E-state index in [0.29, 0.717) is 15.8 Å². The minimum absolute atomic E-state index is 0.0692. The van der Waals surface area contributed by atoms with E-state index in [4.69, 9.17) is 16.3 Å². The van der Waals surface area contributed by atoms with Crippen molar-refractivity contribution in [3.63, 3.8) is 0 Å². The Morgan fingerprint density at radius 3 is 2.73 bits per heavy atom. The Balaban J connectivity index is 2.45. The molecule has 0 radical (unpaired) electrons. The van der Waals surface area contributed by atoms with Gasteiger partial charge in [0.1, 0.15) is 5.78 Å². The number of Topliss-reactive ketones (excluding diaryl/α,β-unsaturated/α-hetero) is 2. The van der Waals surface area contributed by atoms with Crippen molar-refractivity contribution in [1.82, 2.24) is 0 Å². The molecule has 0 amide bonds. The summed E-state index contributed by atoms with van der Waals surface area (Å²) in [6.07, 6.45) is 0.210. The summed E-state index contributed by atoms with van der Waals surface area (Å²) in [4.78, 5) is 23.3. The maximum atomic E-state index is 11.5. The van der Waals surface area contributed by atoms with Crippen LogP contribution in [0.5, 0.6) is 0 Å². The lowest BCUT2D eigenvalue weighted by molar-refractivity contribution is -0.119. The highest BCUT2D eigenvalue weighted by Gasteiger charge is 2.13. The Kier molecular flexibility index (Phi) is 4.94. The first-order chi connectivity index (χ1) is 7.13. The summed E-state index contributed by atoms with van der Waals surface area (Å²) in [5.74, 6) is -0.278. The van der Waals surface area contributed by atoms with Crippen LogP contribution in [0.1, 0.15) is 22.5 Å². The fourth-order valence-corrected chi connectivity index (χ4v) is 2.02. The van der Waals surface area contributed by atoms with Crippen molar-refractivity contribution in [3.8, 4) is 0 Å². The van der Waals surface area contributed by atoms with Crippen LogP contribution < -0.4 is 0 Å². The molecule has 0 spiro atoms. The van der Waals surface area contributed by atoms with Crippen molar-refractivity contribution in [1.29, 1.82) is 0 Å². The van der Waals surface area contributed by atoms with Crippen molar-refractivity contribution in [2.24, 2.45) is 0 Å². The van der Waals surface area contributed by atoms with Crippen LogP contribution in [0.3, 0.4) is 0 Å². The molecule has 15 heavy (non-hydrogen) atoms. The summed E-state index contributed by atoms with van der Waals surface area (Å²) in [5.41, 5.74) is 0. The van der Waals surface area contributed by atoms with Gasteiger partial charge in [-0.05, 0) is 12.1 Å². The van der Waals surface area contributed by atoms with Crippen LogP contribution in [0, 0.1) is 0 Å². The number of rotatable bonds is 6. The number of carbonyl (C=O) groups excluding carboxylic acids is 2. The molecule has 0 N–H and O–H groups in total. The molecule has 0 saturated heterocycles. The van der Waals surface area contributed by atoms with Crippen LogP contribution in [0.4, 0.5) is 0 Å². The van der Waals surface area contributed by atoms with Crippen molar-refractivity contribution < 1.29 is 14.3 Å². The molecule has 1 rings (SSSR count). The minimum atomic E-state index is -0.173. The van der Waals surface area contributed by atoms with Gasteiger partial charge in [-0.15, -0.1) is 11.3 Å². The van der Waals surface area contributed by atoms with Crippen LogP contribution in [0.25, 0.3) is 0 Å². The second-order valence-corrected chi connectivity index (χ2v) is 4.70. The van der Waals surface area contributed by atoms with Gasteiger partial charge < -0.3 is 4.74 Å². The van der Waals surface area contributed by atoms with Crippen LogP contribution >= 0.6 is 22.9 Å². The average Bonchev–Trinajstić information content (AvgIpc) is 2.61. The minimum Gasteiger partial charge on any atom is -0.384 e. The lowest BCUT2D eigenvalue weighted by atomic mass is 10.1. The molecular weight excluding hydrogens is 236 g/mol. The molecule has 0 aliphatic rings. The summed E-state index contributed by atoms with van der Waals surface area (Å²) < 4.78 is 5.31. The molecule has 0 aromatic carbocycles. The first kappa shape index (κ1) is 12.4. The van der Waals surface area contributed by atoms with Gasteiger partial charge in [-0.1, -0.05) is 11.6 Å². The molecule has 1 aromatic heterocycles. The van der Waals surface area contributed by atoms with Crippen LogP contribution in [-0.4, -0.2) is 25.3 Å². The third-order valence-corrected chi connectivity index (χ3v) is 3.06. The molecule has 0 saturated carbocycles. The molecule has 0 fully saturated rings. The van der Waals surface area contributed by atoms with Crippen molar-refractivity contribution >= 4 is 34.5 Å². The predicted molar refractivity (Wildman–Crippen MR) is 59.8 cm³/mol. The maximum absolute atomic E-state index is 11.5. The first-order valence-electron chi connectivity index (χ1n) is 4.42. The van der Waals surface area contributed by atoms with E-state index in [2.05, 4.69) is 0 Å². The number of hydrogen-bond donors (Lipinski definition) is 0. The van der Waals surface area contributed by atoms with Gasteiger partial charge in [-0.2, -0.15) is 0 Å². The summed E-state index contributed by atoms with van der Waals surface area (Å²) >= 11 is 6.88. The van der Waals surface area contributed by atoms with Crippen LogP contribution in [0.15, 0.2) is 12.1 Å². The van der Waals surface area contributed by atoms with E-state index in [0.717, 1.165) is 0 Å². The zero-order chi connectivity index (χ0) is 11.3. The second kappa shape index (κ2) is 6.00. The quantitative estimate of drug-likeness (QED) is 0.572. The third kappa shape index (κ3) is 4.11. The number of carbonyl (C=O) groups is 2. The molecule has 0 unspecified atom stereocenters. The van der Waals surface area contributed by atoms with E-state index in [1.54, 1.807) is 12.1 Å². The predicted octanol–water partition coefficient (Wildman–Crippen LogP) is 2.58. The molecule has 5 heteroatoms. The summed E-state index contributed by atoms with van der Waals surface area (Å²) in [6.45, 7) is 0.358. The molecule has 0 bridgehead atoms. The maximum Gasteiger partial charge on any atom is 0.180 e. The Labute approximate surface area is 97.0 Å². The molecular formula is C10H11ClO3S. The summed E-state index contributed by atoms with van der Waals surface area (Å²) in [5, 5.41) is 0. The molecule has 82 valence electrons. The Hall–Kier alpha value is -0.710. The fourth-order valence-electron chi connectivity index (χ4n) is 1.03. The highest BCUT2D eigenvalue weighted by Crippen LogP contribution is 2.22. The standard InChI is InChI=1S/C10H11ClO3S/c1-14-5-4-7(12)6-8(13)9-2-3-10(11)15-9/h2-3H,4-6H2,1H3. The number of ether oxygens (including phenoxy) is 1. The Morgan fingerprint density at radius 2 is 2.20 bits per heavy atom. The van der Waals surface area contributed by atoms with E-state index in [1.165, 1.54) is 18.4 Å². The smallest absolute Gasteiger partial charge is 0.180 e. The van der Waals surface area contributed by atoms with Gasteiger partial charge in [0.25, 0.3) is 0 Å². The van der Waals surface area contributed by atoms with Gasteiger partial charge in [0.2, 0.25) is 0 Å². The van der Waals surface area contributed by atoms with Gasteiger partial charge in [0.05, 0.1) is 22.2 Å². The SMILES string of the molecule is COCCC(=O)CC(=O)c1ccc(Cl)s1. The largest absolute Gasteiger partial charge is 0.384 e. The molecule has 0 aliphatic heterocycles. The number of methoxy groups -OCH3 is 1. The zero-order valence-corrected chi connectivity index (χ0v) is 9.86. The molecule has 1 aromatic rings. The van der Waals surface area contributed by atoms with E-state index in [9.17, 15) is 9.59 Å². The molecule has 3 nitrogen and oxygen atoms in total. The van der Waals surface area contributed by atoms with Gasteiger partial charge in [-0.3, -0.25) is 9.59 Å². The monoisotopic (exact) mass is 246 g/mol. The highest BCUT2D eigenvalue weighted by atomic mass is 35.5. The van der Waals surface area contributed by atoms with Gasteiger partial charge in [0.15, 0.2) is 5.78 Å². The van der Waals surface area contributed by atoms with E-state index in [1.807, 2.05) is 0 Å². The van der Waals surface area contributed by atoms with Gasteiger partial charge in [0, 0.05) is 13.5 Å². The number of thiophene rings is 1. The number of ketones is 2. The summed E-state index contributed by atoms with van der Waals surface area (Å²) in [6, 6.07) is 3.29. The van der Waals surface area contributed by atoms with Gasteiger partial charge in [-0.25, -0.2) is 0 Å². The molecule has 0 aliphatic carbocycles. The fraction of sp³-hybridized carbons (Fsp3) is 0.400. The van der Waals surface area contributed by atoms with Crippen molar-refractivity contribution in [2.75, 3.05) is 13.7 Å².